The third-order valence-corrected chi connectivity index (χ3v) is 3.43. The van der Waals surface area contributed by atoms with Crippen LogP contribution >= 0.6 is 0 Å². The molecule has 1 aromatic heterocycles. The Bertz CT molecular complexity index is 365. The molecule has 0 aliphatic heterocycles. The number of aromatic nitrogens is 2. The van der Waals surface area contributed by atoms with Crippen molar-refractivity contribution in [2.24, 2.45) is 5.92 Å². The third-order valence-electron chi connectivity index (χ3n) is 3.43. The molecule has 0 aliphatic rings. The maximum atomic E-state index is 5.42. The zero-order valence-electron chi connectivity index (χ0n) is 12.9. The second kappa shape index (κ2) is 7.60. The Labute approximate surface area is 116 Å². The van der Waals surface area contributed by atoms with Gasteiger partial charge in [0.05, 0.1) is 5.92 Å². The van der Waals surface area contributed by atoms with E-state index >= 15 is 0 Å². The zero-order chi connectivity index (χ0) is 14.4. The van der Waals surface area contributed by atoms with Crippen molar-refractivity contribution in [1.29, 1.82) is 0 Å². The normalized spacial score (nSPS) is 16.6. The van der Waals surface area contributed by atoms with E-state index in [0.29, 0.717) is 23.7 Å². The van der Waals surface area contributed by atoms with Gasteiger partial charge in [0.25, 0.3) is 0 Å². The fraction of sp³-hybridized carbons (Fsp3) is 0.857. The summed E-state index contributed by atoms with van der Waals surface area (Å²) in [5, 5.41) is 7.50. The van der Waals surface area contributed by atoms with Crippen LogP contribution in [0.5, 0.6) is 0 Å². The molecule has 1 rings (SSSR count). The minimum atomic E-state index is -0.108. The first-order valence-corrected chi connectivity index (χ1v) is 7.10. The summed E-state index contributed by atoms with van der Waals surface area (Å²) in [5.41, 5.74) is 0. The van der Waals surface area contributed by atoms with Gasteiger partial charge in [-0.3, -0.25) is 0 Å². The largest absolute Gasteiger partial charge is 0.373 e. The number of hydrogen-bond donors (Lipinski definition) is 1. The second-order valence-corrected chi connectivity index (χ2v) is 5.42. The van der Waals surface area contributed by atoms with Crippen molar-refractivity contribution >= 4 is 0 Å². The summed E-state index contributed by atoms with van der Waals surface area (Å²) in [7, 11) is 1.68. The number of rotatable bonds is 8. The molecule has 0 saturated carbocycles. The van der Waals surface area contributed by atoms with Gasteiger partial charge in [0, 0.05) is 13.2 Å². The smallest absolute Gasteiger partial charge is 0.231 e. The molecule has 1 aromatic rings. The highest BCUT2D eigenvalue weighted by Crippen LogP contribution is 2.25. The predicted molar refractivity (Wildman–Crippen MR) is 75.1 cm³/mol. The molecule has 5 nitrogen and oxygen atoms in total. The molecule has 0 aliphatic carbocycles. The molecule has 3 atom stereocenters. The van der Waals surface area contributed by atoms with E-state index in [-0.39, 0.29) is 12.0 Å². The van der Waals surface area contributed by atoms with Gasteiger partial charge in [-0.1, -0.05) is 32.9 Å². The highest BCUT2D eigenvalue weighted by Gasteiger charge is 2.25. The van der Waals surface area contributed by atoms with Crippen molar-refractivity contribution in [2.75, 3.05) is 13.7 Å². The zero-order valence-corrected chi connectivity index (χ0v) is 12.9. The molecular weight excluding hydrogens is 242 g/mol. The predicted octanol–water partition coefficient (Wildman–Crippen LogP) is 2.90. The van der Waals surface area contributed by atoms with Gasteiger partial charge in [0.15, 0.2) is 0 Å². The Kier molecular flexibility index (Phi) is 6.45. The van der Waals surface area contributed by atoms with Gasteiger partial charge in [-0.05, 0) is 25.8 Å². The van der Waals surface area contributed by atoms with E-state index < -0.39 is 0 Å². The minimum absolute atomic E-state index is 0.108. The molecule has 1 N–H and O–H groups in total. The molecule has 0 amide bonds. The lowest BCUT2D eigenvalue weighted by Gasteiger charge is -2.17. The molecule has 0 radical (unpaired) electrons. The van der Waals surface area contributed by atoms with E-state index in [1.165, 1.54) is 0 Å². The van der Waals surface area contributed by atoms with Crippen molar-refractivity contribution in [1.82, 2.24) is 15.5 Å². The highest BCUT2D eigenvalue weighted by molar-refractivity contribution is 4.99. The maximum absolute atomic E-state index is 5.42. The molecule has 0 saturated heterocycles. The summed E-state index contributed by atoms with van der Waals surface area (Å²) >= 11 is 0. The topological polar surface area (TPSA) is 60.2 Å². The number of hydrogen-bond acceptors (Lipinski definition) is 5. The number of ether oxygens (including phenoxy) is 1. The number of methoxy groups -OCH3 is 1. The summed E-state index contributed by atoms with van der Waals surface area (Å²) < 4.78 is 10.8. The van der Waals surface area contributed by atoms with E-state index in [1.807, 2.05) is 0 Å². The van der Waals surface area contributed by atoms with Crippen molar-refractivity contribution in [3.05, 3.63) is 11.7 Å². The SMILES string of the molecule is CCCNC(C)C(C)c1nc(C(OC)C(C)C)no1. The first-order chi connectivity index (χ1) is 9.01. The van der Waals surface area contributed by atoms with Crippen LogP contribution in [0.15, 0.2) is 4.52 Å². The number of nitrogens with one attached hydrogen (secondary N) is 1. The van der Waals surface area contributed by atoms with Gasteiger partial charge < -0.3 is 14.6 Å². The molecule has 110 valence electrons. The summed E-state index contributed by atoms with van der Waals surface area (Å²) in [6, 6.07) is 0.313. The van der Waals surface area contributed by atoms with Gasteiger partial charge in [-0.2, -0.15) is 4.98 Å². The summed E-state index contributed by atoms with van der Waals surface area (Å²) in [6.45, 7) is 11.6. The Hall–Kier alpha value is -0.940. The molecule has 3 unspecified atom stereocenters. The third kappa shape index (κ3) is 4.28. The quantitative estimate of drug-likeness (QED) is 0.786. The fourth-order valence-electron chi connectivity index (χ4n) is 1.99. The van der Waals surface area contributed by atoms with Crippen LogP contribution < -0.4 is 5.32 Å². The van der Waals surface area contributed by atoms with Crippen molar-refractivity contribution in [2.45, 2.75) is 59.1 Å². The van der Waals surface area contributed by atoms with Gasteiger partial charge >= 0.3 is 0 Å². The Morgan fingerprint density at radius 2 is 1.95 bits per heavy atom. The first-order valence-electron chi connectivity index (χ1n) is 7.10. The van der Waals surface area contributed by atoms with Gasteiger partial charge in [-0.15, -0.1) is 0 Å². The van der Waals surface area contributed by atoms with Crippen LogP contribution in [0.1, 0.15) is 64.8 Å². The lowest BCUT2D eigenvalue weighted by Crippen LogP contribution is -2.31. The van der Waals surface area contributed by atoms with E-state index in [9.17, 15) is 0 Å². The second-order valence-electron chi connectivity index (χ2n) is 5.42. The van der Waals surface area contributed by atoms with Crippen LogP contribution in [0.25, 0.3) is 0 Å². The van der Waals surface area contributed by atoms with Crippen molar-refractivity contribution in [3.8, 4) is 0 Å². The van der Waals surface area contributed by atoms with E-state index in [1.54, 1.807) is 7.11 Å². The molecule has 0 fully saturated rings. The van der Waals surface area contributed by atoms with Crippen LogP contribution in [-0.2, 0) is 4.74 Å². The highest BCUT2D eigenvalue weighted by atomic mass is 16.5. The monoisotopic (exact) mass is 269 g/mol. The van der Waals surface area contributed by atoms with Crippen LogP contribution in [0.4, 0.5) is 0 Å². The molecule has 0 spiro atoms. The average Bonchev–Trinajstić information content (AvgIpc) is 2.84. The molecule has 19 heavy (non-hydrogen) atoms. The van der Waals surface area contributed by atoms with E-state index in [2.05, 4.69) is 50.1 Å². The molecule has 1 heterocycles. The Balaban J connectivity index is 2.72. The van der Waals surface area contributed by atoms with Crippen LogP contribution in [-0.4, -0.2) is 29.8 Å². The maximum Gasteiger partial charge on any atom is 0.231 e. The average molecular weight is 269 g/mol. The fourth-order valence-corrected chi connectivity index (χ4v) is 1.99. The standard InChI is InChI=1S/C14H27N3O2/c1-7-8-15-11(5)10(4)14-16-13(17-19-14)12(18-6)9(2)3/h9-12,15H,7-8H2,1-6H3. The molecule has 0 bridgehead atoms. The Morgan fingerprint density at radius 3 is 2.47 bits per heavy atom. The van der Waals surface area contributed by atoms with Crippen LogP contribution in [0.3, 0.4) is 0 Å². The summed E-state index contributed by atoms with van der Waals surface area (Å²) in [4.78, 5) is 4.49. The van der Waals surface area contributed by atoms with Gasteiger partial charge in [0.2, 0.25) is 11.7 Å². The molecular formula is C14H27N3O2. The van der Waals surface area contributed by atoms with E-state index in [0.717, 1.165) is 13.0 Å². The lowest BCUT2D eigenvalue weighted by molar-refractivity contribution is 0.0555. The minimum Gasteiger partial charge on any atom is -0.373 e. The van der Waals surface area contributed by atoms with Crippen LogP contribution in [0.2, 0.25) is 0 Å². The first kappa shape index (κ1) is 16.1. The number of nitrogens with zero attached hydrogens (tertiary/aromatic N) is 2. The van der Waals surface area contributed by atoms with Crippen LogP contribution in [0, 0.1) is 5.92 Å². The lowest BCUT2D eigenvalue weighted by atomic mass is 10.0. The van der Waals surface area contributed by atoms with Crippen molar-refractivity contribution in [3.63, 3.8) is 0 Å². The van der Waals surface area contributed by atoms with Gasteiger partial charge in [-0.25, -0.2) is 0 Å². The van der Waals surface area contributed by atoms with Crippen molar-refractivity contribution < 1.29 is 9.26 Å². The Morgan fingerprint density at radius 1 is 1.26 bits per heavy atom. The summed E-state index contributed by atoms with van der Waals surface area (Å²) in [5.74, 6) is 1.83. The molecule has 0 aromatic carbocycles. The summed E-state index contributed by atoms with van der Waals surface area (Å²) in [6.07, 6.45) is 1.01. The van der Waals surface area contributed by atoms with E-state index in [4.69, 9.17) is 9.26 Å². The molecule has 5 heteroatoms. The van der Waals surface area contributed by atoms with Gasteiger partial charge in [0.1, 0.15) is 6.10 Å².